The molecule has 0 bridgehead atoms. The zero-order chi connectivity index (χ0) is 17.1. The van der Waals surface area contributed by atoms with E-state index in [-0.39, 0.29) is 5.41 Å². The van der Waals surface area contributed by atoms with Crippen molar-refractivity contribution >= 4 is 30.3 Å². The monoisotopic (exact) mass is 354 g/mol. The molecule has 126 valence electrons. The van der Waals surface area contributed by atoms with Gasteiger partial charge in [-0.05, 0) is 58.1 Å². The van der Waals surface area contributed by atoms with Gasteiger partial charge in [0.15, 0.2) is 9.76 Å². The maximum atomic E-state index is 5.94. The fourth-order valence-electron chi connectivity index (χ4n) is 3.75. The van der Waals surface area contributed by atoms with Gasteiger partial charge in [-0.25, -0.2) is 0 Å². The lowest BCUT2D eigenvalue weighted by Gasteiger charge is -2.45. The first kappa shape index (κ1) is 19.8. The minimum atomic E-state index is -0.698. The molecule has 1 aliphatic carbocycles. The summed E-state index contributed by atoms with van der Waals surface area (Å²) in [6, 6.07) is 0. The molecule has 2 unspecified atom stereocenters. The van der Waals surface area contributed by atoms with Gasteiger partial charge in [0.05, 0.1) is 0 Å². The van der Waals surface area contributed by atoms with E-state index in [1.54, 1.807) is 16.3 Å². The maximum Gasteiger partial charge on any atom is 0.283 e. The Bertz CT molecular complexity index is 520. The Kier molecular flexibility index (Phi) is 7.26. The molecule has 0 N–H and O–H groups in total. The standard InChI is InChI=1S/C17H34O2Si3/c1-9-16(21-19-22-18-20)15(7)17(8)13(5)11(3)10(2)12(4)14(17)6/h13H,9,21-22H2,1-8,20H3. The van der Waals surface area contributed by atoms with E-state index >= 15 is 0 Å². The molecule has 2 atom stereocenters. The van der Waals surface area contributed by atoms with Crippen LogP contribution < -0.4 is 0 Å². The summed E-state index contributed by atoms with van der Waals surface area (Å²) in [7, 11) is -0.492. The van der Waals surface area contributed by atoms with Crippen LogP contribution in [0.4, 0.5) is 0 Å². The summed E-state index contributed by atoms with van der Waals surface area (Å²) >= 11 is 0. The van der Waals surface area contributed by atoms with Gasteiger partial charge in [-0.1, -0.05) is 42.7 Å². The highest BCUT2D eigenvalue weighted by Crippen LogP contribution is 2.52. The van der Waals surface area contributed by atoms with Crippen LogP contribution in [0.1, 0.15) is 61.8 Å². The van der Waals surface area contributed by atoms with E-state index in [1.807, 2.05) is 0 Å². The smallest absolute Gasteiger partial charge is 0.283 e. The molecule has 2 nitrogen and oxygen atoms in total. The molecular weight excluding hydrogens is 320 g/mol. The van der Waals surface area contributed by atoms with Crippen molar-refractivity contribution in [3.8, 4) is 0 Å². The molecule has 0 amide bonds. The van der Waals surface area contributed by atoms with Crippen LogP contribution in [0.25, 0.3) is 0 Å². The first-order valence-corrected chi connectivity index (χ1v) is 11.6. The second kappa shape index (κ2) is 8.06. The Balaban J connectivity index is 3.31. The fraction of sp³-hybridized carbons (Fsp3) is 0.647. The quantitative estimate of drug-likeness (QED) is 0.539. The normalized spacial score (nSPS) is 28.6. The third-order valence-corrected chi connectivity index (χ3v) is 10.0. The molecular formula is C17H34O2Si3. The summed E-state index contributed by atoms with van der Waals surface area (Å²) < 4.78 is 11.3. The molecule has 1 aliphatic rings. The summed E-state index contributed by atoms with van der Waals surface area (Å²) in [5.74, 6) is 0.554. The lowest BCUT2D eigenvalue weighted by atomic mass is 9.60. The fourth-order valence-corrected chi connectivity index (χ4v) is 8.02. The molecule has 0 spiro atoms. The average Bonchev–Trinajstić information content (AvgIpc) is 2.52. The lowest BCUT2D eigenvalue weighted by Crippen LogP contribution is -2.34. The molecule has 22 heavy (non-hydrogen) atoms. The Morgan fingerprint density at radius 3 is 2.32 bits per heavy atom. The Morgan fingerprint density at radius 2 is 1.82 bits per heavy atom. The van der Waals surface area contributed by atoms with Crippen LogP contribution in [0.5, 0.6) is 0 Å². The first-order chi connectivity index (χ1) is 10.2. The van der Waals surface area contributed by atoms with Gasteiger partial charge in [-0.15, -0.1) is 0 Å². The molecule has 0 radical (unpaired) electrons. The van der Waals surface area contributed by atoms with Gasteiger partial charge < -0.3 is 8.23 Å². The van der Waals surface area contributed by atoms with Crippen LogP contribution in [-0.2, 0) is 8.23 Å². The van der Waals surface area contributed by atoms with Gasteiger partial charge in [-0.2, -0.15) is 0 Å². The summed E-state index contributed by atoms with van der Waals surface area (Å²) in [6.07, 6.45) is 1.12. The summed E-state index contributed by atoms with van der Waals surface area (Å²) in [5.41, 5.74) is 7.74. The molecule has 0 heterocycles. The van der Waals surface area contributed by atoms with Crippen LogP contribution in [0, 0.1) is 11.3 Å². The van der Waals surface area contributed by atoms with Crippen molar-refractivity contribution in [1.29, 1.82) is 0 Å². The van der Waals surface area contributed by atoms with Gasteiger partial charge in [0.25, 0.3) is 10.0 Å². The number of allylic oxidation sites excluding steroid dienone is 6. The third kappa shape index (κ3) is 3.48. The number of hydrogen-bond donors (Lipinski definition) is 0. The van der Waals surface area contributed by atoms with Crippen LogP contribution in [0.15, 0.2) is 33.1 Å². The Labute approximate surface area is 145 Å². The molecule has 5 heteroatoms. The van der Waals surface area contributed by atoms with Crippen molar-refractivity contribution in [3.63, 3.8) is 0 Å². The molecule has 0 aromatic carbocycles. The summed E-state index contributed by atoms with van der Waals surface area (Å²) in [4.78, 5) is 0. The minimum Gasteiger partial charge on any atom is -0.449 e. The molecule has 0 aliphatic heterocycles. The van der Waals surface area contributed by atoms with E-state index in [1.165, 1.54) is 16.7 Å². The molecule has 0 aromatic heterocycles. The van der Waals surface area contributed by atoms with Gasteiger partial charge in [-0.3, -0.25) is 0 Å². The second-order valence-corrected chi connectivity index (χ2v) is 12.1. The predicted molar refractivity (Wildman–Crippen MR) is 106 cm³/mol. The van der Waals surface area contributed by atoms with Crippen LogP contribution in [0.3, 0.4) is 0 Å². The maximum absolute atomic E-state index is 5.94. The van der Waals surface area contributed by atoms with E-state index in [0.717, 1.165) is 16.9 Å². The van der Waals surface area contributed by atoms with Gasteiger partial charge in [0.2, 0.25) is 0 Å². The molecule has 0 saturated heterocycles. The largest absolute Gasteiger partial charge is 0.449 e. The highest BCUT2D eigenvalue weighted by molar-refractivity contribution is 6.47. The van der Waals surface area contributed by atoms with Gasteiger partial charge in [0.1, 0.15) is 10.5 Å². The first-order valence-electron chi connectivity index (χ1n) is 8.34. The van der Waals surface area contributed by atoms with Crippen molar-refractivity contribution in [1.82, 2.24) is 0 Å². The highest BCUT2D eigenvalue weighted by Gasteiger charge is 2.40. The predicted octanol–water partition coefficient (Wildman–Crippen LogP) is 2.40. The Hall–Kier alpha value is -0.209. The molecule has 1 rings (SSSR count). The van der Waals surface area contributed by atoms with E-state index in [0.29, 0.717) is 5.92 Å². The van der Waals surface area contributed by atoms with E-state index in [2.05, 4.69) is 55.4 Å². The molecule has 0 fully saturated rings. The molecule has 0 saturated carbocycles. The topological polar surface area (TPSA) is 18.5 Å². The van der Waals surface area contributed by atoms with Crippen molar-refractivity contribution in [2.45, 2.75) is 61.8 Å². The van der Waals surface area contributed by atoms with E-state index in [9.17, 15) is 0 Å². The zero-order valence-corrected chi connectivity index (χ0v) is 20.8. The zero-order valence-electron chi connectivity index (χ0n) is 16.0. The van der Waals surface area contributed by atoms with E-state index in [4.69, 9.17) is 8.23 Å². The SMILES string of the molecule is CCC([SiH2]O[SiH2]O[SiH3])=C(C)C1(C)C(C)=C(C)C(C)=C(C)C1C. The summed E-state index contributed by atoms with van der Waals surface area (Å²) in [5, 5.41) is 1.58. The Morgan fingerprint density at radius 1 is 1.23 bits per heavy atom. The van der Waals surface area contributed by atoms with Crippen LogP contribution >= 0.6 is 0 Å². The van der Waals surface area contributed by atoms with Crippen LogP contribution in [0.2, 0.25) is 0 Å². The highest BCUT2D eigenvalue weighted by atomic mass is 28.3. The minimum absolute atomic E-state index is 0.138. The summed E-state index contributed by atoms with van der Waals surface area (Å²) in [6.45, 7) is 18.6. The van der Waals surface area contributed by atoms with Gasteiger partial charge in [0, 0.05) is 5.41 Å². The van der Waals surface area contributed by atoms with Crippen molar-refractivity contribution in [3.05, 3.63) is 33.1 Å². The van der Waals surface area contributed by atoms with E-state index < -0.39 is 19.8 Å². The molecule has 0 aromatic rings. The van der Waals surface area contributed by atoms with Crippen LogP contribution in [-0.4, -0.2) is 30.3 Å². The number of rotatable bonds is 6. The van der Waals surface area contributed by atoms with Crippen molar-refractivity contribution in [2.24, 2.45) is 11.3 Å². The van der Waals surface area contributed by atoms with Crippen molar-refractivity contribution < 1.29 is 8.23 Å². The second-order valence-electron chi connectivity index (χ2n) is 6.82. The van der Waals surface area contributed by atoms with Crippen molar-refractivity contribution in [2.75, 3.05) is 0 Å². The van der Waals surface area contributed by atoms with Gasteiger partial charge >= 0.3 is 0 Å². The lowest BCUT2D eigenvalue weighted by molar-refractivity contribution is 0.339. The average molecular weight is 355 g/mol. The number of hydrogen-bond acceptors (Lipinski definition) is 2. The third-order valence-electron chi connectivity index (χ3n) is 6.22.